The lowest BCUT2D eigenvalue weighted by Gasteiger charge is -2.06. The van der Waals surface area contributed by atoms with E-state index in [0.717, 1.165) is 11.3 Å². The molecule has 2 aromatic heterocycles. The molecule has 0 aliphatic heterocycles. The van der Waals surface area contributed by atoms with Gasteiger partial charge in [0.15, 0.2) is 17.3 Å². The summed E-state index contributed by atoms with van der Waals surface area (Å²) < 4.78 is 6.85. The Labute approximate surface area is 148 Å². The summed E-state index contributed by atoms with van der Waals surface area (Å²) >= 11 is 0. The highest BCUT2D eigenvalue weighted by Crippen LogP contribution is 2.21. The van der Waals surface area contributed by atoms with Crippen LogP contribution in [-0.2, 0) is 0 Å². The lowest BCUT2D eigenvalue weighted by molar-refractivity contribution is 0.101. The minimum Gasteiger partial charge on any atom is -0.355 e. The molecule has 26 heavy (non-hydrogen) atoms. The van der Waals surface area contributed by atoms with Crippen LogP contribution in [0.15, 0.2) is 65.2 Å². The van der Waals surface area contributed by atoms with E-state index in [0.29, 0.717) is 17.3 Å². The van der Waals surface area contributed by atoms with Crippen molar-refractivity contribution in [3.8, 4) is 17.0 Å². The van der Waals surface area contributed by atoms with Gasteiger partial charge in [0, 0.05) is 17.3 Å². The molecule has 0 radical (unpaired) electrons. The molecule has 0 atom stereocenters. The average Bonchev–Trinajstić information content (AvgIpc) is 3.32. The number of hydrogen-bond acceptors (Lipinski definition) is 6. The van der Waals surface area contributed by atoms with Crippen molar-refractivity contribution in [2.45, 2.75) is 6.92 Å². The molecular formula is C18H14N6O2. The summed E-state index contributed by atoms with van der Waals surface area (Å²) in [6, 6.07) is 18.3. The number of nitrogens with zero attached hydrogens (tertiary/aromatic N) is 5. The highest BCUT2D eigenvalue weighted by molar-refractivity contribution is 6.03. The number of nitrogens with one attached hydrogen (secondary N) is 1. The lowest BCUT2D eigenvalue weighted by Crippen LogP contribution is -2.12. The molecule has 0 bridgehead atoms. The van der Waals surface area contributed by atoms with Crippen molar-refractivity contribution in [3.05, 3.63) is 72.2 Å². The van der Waals surface area contributed by atoms with E-state index >= 15 is 0 Å². The molecule has 128 valence electrons. The van der Waals surface area contributed by atoms with Crippen LogP contribution >= 0.6 is 0 Å². The van der Waals surface area contributed by atoms with Crippen LogP contribution in [0.4, 0.5) is 5.69 Å². The Morgan fingerprint density at radius 3 is 2.69 bits per heavy atom. The molecule has 0 aliphatic rings. The lowest BCUT2D eigenvalue weighted by atomic mass is 10.1. The van der Waals surface area contributed by atoms with Crippen LogP contribution in [0, 0.1) is 6.92 Å². The first-order chi connectivity index (χ1) is 12.7. The molecule has 4 aromatic rings. The maximum absolute atomic E-state index is 12.4. The van der Waals surface area contributed by atoms with Gasteiger partial charge in [-0.05, 0) is 35.5 Å². The Morgan fingerprint density at radius 2 is 1.92 bits per heavy atom. The monoisotopic (exact) mass is 346 g/mol. The van der Waals surface area contributed by atoms with Crippen LogP contribution in [0.2, 0.25) is 0 Å². The fourth-order valence-electron chi connectivity index (χ4n) is 2.50. The number of anilines is 1. The van der Waals surface area contributed by atoms with Gasteiger partial charge in [-0.25, -0.2) is 0 Å². The topological polar surface area (TPSA) is 98.7 Å². The van der Waals surface area contributed by atoms with E-state index < -0.39 is 0 Å². The van der Waals surface area contributed by atoms with Crippen molar-refractivity contribution in [2.24, 2.45) is 0 Å². The van der Waals surface area contributed by atoms with Crippen LogP contribution in [0.3, 0.4) is 0 Å². The zero-order valence-electron chi connectivity index (χ0n) is 13.8. The molecule has 0 aliphatic carbocycles. The Bertz CT molecular complexity index is 1050. The molecule has 0 unspecified atom stereocenters. The summed E-state index contributed by atoms with van der Waals surface area (Å²) in [4.78, 5) is 12.4. The predicted octanol–water partition coefficient (Wildman–Crippen LogP) is 2.88. The fourth-order valence-corrected chi connectivity index (χ4v) is 2.50. The van der Waals surface area contributed by atoms with Gasteiger partial charge in [0.1, 0.15) is 0 Å². The predicted molar refractivity (Wildman–Crippen MR) is 93.8 cm³/mol. The van der Waals surface area contributed by atoms with Gasteiger partial charge in [-0.1, -0.05) is 41.6 Å². The van der Waals surface area contributed by atoms with Crippen LogP contribution in [0.25, 0.3) is 17.0 Å². The zero-order valence-corrected chi connectivity index (χ0v) is 13.8. The number of aryl methyl sites for hydroxylation is 1. The van der Waals surface area contributed by atoms with Crippen molar-refractivity contribution in [1.82, 2.24) is 25.4 Å². The first-order valence-corrected chi connectivity index (χ1v) is 7.89. The van der Waals surface area contributed by atoms with E-state index in [4.69, 9.17) is 4.52 Å². The smallest absolute Gasteiger partial charge is 0.277 e. The van der Waals surface area contributed by atoms with Gasteiger partial charge >= 0.3 is 0 Å². The summed E-state index contributed by atoms with van der Waals surface area (Å²) in [5, 5.41) is 18.0. The summed E-state index contributed by atoms with van der Waals surface area (Å²) in [6.45, 7) is 1.80. The second-order valence-electron chi connectivity index (χ2n) is 5.58. The number of tetrazole rings is 1. The number of hydrogen-bond donors (Lipinski definition) is 1. The van der Waals surface area contributed by atoms with Crippen LogP contribution in [-0.4, -0.2) is 31.3 Å². The minimum absolute atomic E-state index is 0.202. The van der Waals surface area contributed by atoms with E-state index in [-0.39, 0.29) is 11.6 Å². The molecular weight excluding hydrogens is 332 g/mol. The van der Waals surface area contributed by atoms with Gasteiger partial charge in [0.05, 0.1) is 5.69 Å². The number of rotatable bonds is 4. The van der Waals surface area contributed by atoms with E-state index in [1.54, 1.807) is 29.8 Å². The number of carbonyl (C=O) groups excluding carboxylic acids is 1. The van der Waals surface area contributed by atoms with Gasteiger partial charge in [-0.15, -0.1) is 5.10 Å². The largest absolute Gasteiger partial charge is 0.355 e. The number of carbonyl (C=O) groups is 1. The molecule has 8 heteroatoms. The van der Waals surface area contributed by atoms with Gasteiger partial charge < -0.3 is 9.84 Å². The summed E-state index contributed by atoms with van der Waals surface area (Å²) in [5.74, 6) is 0.827. The standard InChI is InChI=1S/C18H14N6O2/c1-12-20-22-23-24(12)15-9-5-8-14(10-15)19-18(25)16-11-17(26-21-16)13-6-3-2-4-7-13/h2-11H,1H3,(H,19,25). The molecule has 2 heterocycles. The van der Waals surface area contributed by atoms with Crippen molar-refractivity contribution in [2.75, 3.05) is 5.32 Å². The molecule has 2 aromatic carbocycles. The second kappa shape index (κ2) is 6.60. The quantitative estimate of drug-likeness (QED) is 0.610. The third kappa shape index (κ3) is 3.07. The molecule has 0 fully saturated rings. The van der Waals surface area contributed by atoms with E-state index in [9.17, 15) is 4.79 Å². The normalized spacial score (nSPS) is 10.7. The molecule has 1 N–H and O–H groups in total. The molecule has 0 spiro atoms. The molecule has 1 amide bonds. The second-order valence-corrected chi connectivity index (χ2v) is 5.58. The number of benzene rings is 2. The average molecular weight is 346 g/mol. The van der Waals surface area contributed by atoms with Gasteiger partial charge in [-0.2, -0.15) is 4.68 Å². The maximum Gasteiger partial charge on any atom is 0.277 e. The Kier molecular flexibility index (Phi) is 3.98. The van der Waals surface area contributed by atoms with Crippen LogP contribution < -0.4 is 5.32 Å². The third-order valence-corrected chi connectivity index (χ3v) is 3.78. The first kappa shape index (κ1) is 15.7. The third-order valence-electron chi connectivity index (χ3n) is 3.78. The zero-order chi connectivity index (χ0) is 17.9. The number of amides is 1. The Hall–Kier alpha value is -3.81. The van der Waals surface area contributed by atoms with Crippen molar-refractivity contribution in [3.63, 3.8) is 0 Å². The molecule has 0 saturated heterocycles. The SMILES string of the molecule is Cc1nnnn1-c1cccc(NC(=O)c2cc(-c3ccccc3)on2)c1. The Balaban J connectivity index is 1.54. The number of aromatic nitrogens is 5. The summed E-state index contributed by atoms with van der Waals surface area (Å²) in [5.41, 5.74) is 2.41. The van der Waals surface area contributed by atoms with Gasteiger partial charge in [0.2, 0.25) is 0 Å². The van der Waals surface area contributed by atoms with Crippen LogP contribution in [0.5, 0.6) is 0 Å². The van der Waals surface area contributed by atoms with Crippen molar-refractivity contribution >= 4 is 11.6 Å². The van der Waals surface area contributed by atoms with Crippen LogP contribution in [0.1, 0.15) is 16.3 Å². The van der Waals surface area contributed by atoms with Gasteiger partial charge in [0.25, 0.3) is 5.91 Å². The van der Waals surface area contributed by atoms with Crippen molar-refractivity contribution < 1.29 is 9.32 Å². The highest BCUT2D eigenvalue weighted by Gasteiger charge is 2.14. The molecule has 0 saturated carbocycles. The van der Waals surface area contributed by atoms with Gasteiger partial charge in [-0.3, -0.25) is 4.79 Å². The summed E-state index contributed by atoms with van der Waals surface area (Å²) in [7, 11) is 0. The highest BCUT2D eigenvalue weighted by atomic mass is 16.5. The Morgan fingerprint density at radius 1 is 1.08 bits per heavy atom. The molecule has 4 rings (SSSR count). The first-order valence-electron chi connectivity index (χ1n) is 7.89. The summed E-state index contributed by atoms with van der Waals surface area (Å²) in [6.07, 6.45) is 0. The van der Waals surface area contributed by atoms with Crippen molar-refractivity contribution in [1.29, 1.82) is 0 Å². The van der Waals surface area contributed by atoms with E-state index in [1.165, 1.54) is 0 Å². The minimum atomic E-state index is -0.360. The van der Waals surface area contributed by atoms with E-state index in [2.05, 4.69) is 26.0 Å². The van der Waals surface area contributed by atoms with E-state index in [1.807, 2.05) is 42.5 Å². The molecule has 8 nitrogen and oxygen atoms in total. The fraction of sp³-hybridized carbons (Fsp3) is 0.0556. The maximum atomic E-state index is 12.4.